The van der Waals surface area contributed by atoms with Crippen molar-refractivity contribution < 1.29 is 9.47 Å². The third-order valence-electron chi connectivity index (χ3n) is 7.20. The number of ether oxygens (including phenoxy) is 2. The Morgan fingerprint density at radius 2 is 1.92 bits per heavy atom. The molecule has 1 saturated heterocycles. The minimum atomic E-state index is -0.423. The van der Waals surface area contributed by atoms with E-state index in [0.717, 1.165) is 68.0 Å². The third kappa shape index (κ3) is 8.00. The summed E-state index contributed by atoms with van der Waals surface area (Å²) in [6, 6.07) is 11.2. The van der Waals surface area contributed by atoms with Crippen LogP contribution < -0.4 is 21.7 Å². The lowest BCUT2D eigenvalue weighted by Gasteiger charge is -2.30. The zero-order valence-electron chi connectivity index (χ0n) is 21.3. The Hall–Kier alpha value is -2.48. The van der Waals surface area contributed by atoms with Crippen molar-refractivity contribution in [1.82, 2.24) is 15.3 Å². The van der Waals surface area contributed by atoms with E-state index in [1.165, 1.54) is 0 Å². The van der Waals surface area contributed by atoms with E-state index in [9.17, 15) is 5.26 Å². The molecule has 5 N–H and O–H groups in total. The maximum absolute atomic E-state index is 9.73. The lowest BCUT2D eigenvalue weighted by molar-refractivity contribution is 0.0455. The highest BCUT2D eigenvalue weighted by atomic mass is 35.5. The second-order valence-electron chi connectivity index (χ2n) is 9.86. The van der Waals surface area contributed by atoms with Gasteiger partial charge in [-0.05, 0) is 56.7 Å². The fourth-order valence-corrected chi connectivity index (χ4v) is 5.12. The maximum atomic E-state index is 9.73. The minimum Gasteiger partial charge on any atom is -0.381 e. The van der Waals surface area contributed by atoms with Gasteiger partial charge in [0, 0.05) is 56.7 Å². The van der Waals surface area contributed by atoms with Crippen molar-refractivity contribution in [3.63, 3.8) is 0 Å². The van der Waals surface area contributed by atoms with Crippen molar-refractivity contribution in [2.45, 2.75) is 50.6 Å². The van der Waals surface area contributed by atoms with Crippen molar-refractivity contribution in [2.75, 3.05) is 56.7 Å². The summed E-state index contributed by atoms with van der Waals surface area (Å²) in [5.74, 6) is 1.53. The van der Waals surface area contributed by atoms with Crippen LogP contribution in [0.2, 0.25) is 5.02 Å². The molecule has 0 aromatic carbocycles. The van der Waals surface area contributed by atoms with Gasteiger partial charge >= 0.3 is 0 Å². The van der Waals surface area contributed by atoms with Crippen LogP contribution in [0.1, 0.15) is 38.5 Å². The average molecular weight is 528 g/mol. The van der Waals surface area contributed by atoms with Crippen LogP contribution in [0.4, 0.5) is 11.6 Å². The Labute approximate surface area is 224 Å². The van der Waals surface area contributed by atoms with Gasteiger partial charge in [0.1, 0.15) is 11.6 Å². The first-order chi connectivity index (χ1) is 18.1. The molecule has 10 heteroatoms. The van der Waals surface area contributed by atoms with Gasteiger partial charge in [0.2, 0.25) is 0 Å². The predicted octanol–water partition coefficient (Wildman–Crippen LogP) is 3.82. The molecule has 4 rings (SSSR count). The highest BCUT2D eigenvalue weighted by molar-refractivity contribution is 6.33. The Bertz CT molecular complexity index is 1030. The van der Waals surface area contributed by atoms with Gasteiger partial charge in [-0.15, -0.1) is 0 Å². The SMILES string of the molecule is N#CC1(CNc2cccc(-c3cc(N[C@H]4CC[C@H](NCCOCCN)CC4)ncc3Cl)n2)CCOCC1. The van der Waals surface area contributed by atoms with E-state index in [1.807, 2.05) is 24.3 Å². The first-order valence-electron chi connectivity index (χ1n) is 13.2. The van der Waals surface area contributed by atoms with Crippen molar-refractivity contribution >= 4 is 23.2 Å². The number of aromatic nitrogens is 2. The summed E-state index contributed by atoms with van der Waals surface area (Å²) in [6.07, 6.45) is 7.50. The van der Waals surface area contributed by atoms with Crippen LogP contribution in [0.15, 0.2) is 30.5 Å². The number of nitriles is 1. The lowest BCUT2D eigenvalue weighted by atomic mass is 9.82. The molecule has 1 saturated carbocycles. The second kappa shape index (κ2) is 13.9. The summed E-state index contributed by atoms with van der Waals surface area (Å²) in [5, 5.41) is 20.8. The standard InChI is InChI=1S/C27H38ClN7O2/c28-23-17-32-26(34-21-6-4-20(5-7-21)31-11-15-37-14-10-29)16-22(23)24-2-1-3-25(35-24)33-19-27(18-30)8-12-36-13-9-27/h1-3,16-17,20-21,31H,4-15,19,29H2,(H,32,34)(H,33,35)/t20-,21-. The Kier molecular flexibility index (Phi) is 10.3. The molecule has 2 aliphatic rings. The number of rotatable bonds is 12. The van der Waals surface area contributed by atoms with Crippen LogP contribution in [0.25, 0.3) is 11.3 Å². The molecule has 0 bridgehead atoms. The van der Waals surface area contributed by atoms with Crippen LogP contribution in [0, 0.1) is 16.7 Å². The van der Waals surface area contributed by atoms with Crippen LogP contribution >= 0.6 is 11.6 Å². The number of nitrogens with zero attached hydrogens (tertiary/aromatic N) is 3. The number of hydrogen-bond donors (Lipinski definition) is 4. The summed E-state index contributed by atoms with van der Waals surface area (Å²) in [5.41, 5.74) is 6.63. The summed E-state index contributed by atoms with van der Waals surface area (Å²) >= 11 is 6.54. The highest BCUT2D eigenvalue weighted by Crippen LogP contribution is 2.32. The van der Waals surface area contributed by atoms with Gasteiger partial charge in [-0.25, -0.2) is 9.97 Å². The van der Waals surface area contributed by atoms with Crippen molar-refractivity contribution in [3.8, 4) is 17.3 Å². The number of pyridine rings is 2. The molecule has 2 aromatic heterocycles. The summed E-state index contributed by atoms with van der Waals surface area (Å²) in [4.78, 5) is 9.30. The molecule has 0 radical (unpaired) electrons. The largest absolute Gasteiger partial charge is 0.381 e. The zero-order valence-corrected chi connectivity index (χ0v) is 22.1. The van der Waals surface area contributed by atoms with Gasteiger partial charge < -0.3 is 31.2 Å². The fourth-order valence-electron chi connectivity index (χ4n) is 4.92. The summed E-state index contributed by atoms with van der Waals surface area (Å²) in [6.45, 7) is 4.51. The number of nitrogens with one attached hydrogen (secondary N) is 3. The second-order valence-corrected chi connectivity index (χ2v) is 10.3. The molecule has 37 heavy (non-hydrogen) atoms. The fraction of sp³-hybridized carbons (Fsp3) is 0.593. The Morgan fingerprint density at radius 3 is 2.68 bits per heavy atom. The smallest absolute Gasteiger partial charge is 0.126 e. The molecule has 9 nitrogen and oxygen atoms in total. The Morgan fingerprint density at radius 1 is 1.14 bits per heavy atom. The molecule has 0 atom stereocenters. The third-order valence-corrected chi connectivity index (χ3v) is 7.50. The van der Waals surface area contributed by atoms with E-state index >= 15 is 0 Å². The topological polar surface area (TPSA) is 130 Å². The molecule has 0 unspecified atom stereocenters. The van der Waals surface area contributed by atoms with Gasteiger partial charge in [0.05, 0.1) is 35.4 Å². The minimum absolute atomic E-state index is 0.371. The molecule has 0 amide bonds. The van der Waals surface area contributed by atoms with Crippen molar-refractivity contribution in [1.29, 1.82) is 5.26 Å². The summed E-state index contributed by atoms with van der Waals surface area (Å²) < 4.78 is 10.9. The van der Waals surface area contributed by atoms with Crippen LogP contribution in [-0.2, 0) is 9.47 Å². The normalized spacial score (nSPS) is 21.2. The zero-order chi connectivity index (χ0) is 25.9. The molecular weight excluding hydrogens is 490 g/mol. The van der Waals surface area contributed by atoms with Crippen LogP contribution in [0.3, 0.4) is 0 Å². The van der Waals surface area contributed by atoms with Gasteiger partial charge in [0.25, 0.3) is 0 Å². The lowest BCUT2D eigenvalue weighted by Crippen LogP contribution is -2.38. The molecule has 1 aliphatic heterocycles. The van der Waals surface area contributed by atoms with Crippen LogP contribution in [0.5, 0.6) is 0 Å². The number of halogens is 1. The summed E-state index contributed by atoms with van der Waals surface area (Å²) in [7, 11) is 0. The quantitative estimate of drug-likeness (QED) is 0.304. The van der Waals surface area contributed by atoms with E-state index in [4.69, 9.17) is 31.8 Å². The van der Waals surface area contributed by atoms with Gasteiger partial charge in [-0.2, -0.15) is 5.26 Å². The van der Waals surface area contributed by atoms with Gasteiger partial charge in [-0.1, -0.05) is 17.7 Å². The molecule has 200 valence electrons. The highest BCUT2D eigenvalue weighted by Gasteiger charge is 2.32. The van der Waals surface area contributed by atoms with E-state index in [0.29, 0.717) is 56.6 Å². The maximum Gasteiger partial charge on any atom is 0.126 e. The van der Waals surface area contributed by atoms with E-state index < -0.39 is 5.41 Å². The van der Waals surface area contributed by atoms with Crippen LogP contribution in [-0.4, -0.2) is 68.1 Å². The van der Waals surface area contributed by atoms with E-state index in [1.54, 1.807) is 6.20 Å². The molecule has 3 heterocycles. The molecular formula is C27H38ClN7O2. The molecule has 1 aliphatic carbocycles. The molecule has 2 aromatic rings. The number of hydrogen-bond acceptors (Lipinski definition) is 9. The first kappa shape index (κ1) is 27.6. The number of anilines is 2. The average Bonchev–Trinajstić information content (AvgIpc) is 2.94. The molecule has 0 spiro atoms. The van der Waals surface area contributed by atoms with E-state index in [2.05, 4.69) is 27.0 Å². The van der Waals surface area contributed by atoms with Crippen molar-refractivity contribution in [3.05, 3.63) is 35.5 Å². The van der Waals surface area contributed by atoms with Gasteiger partial charge in [0.15, 0.2) is 0 Å². The molecule has 2 fully saturated rings. The Balaban J connectivity index is 1.32. The van der Waals surface area contributed by atoms with Crippen molar-refractivity contribution in [2.24, 2.45) is 11.1 Å². The van der Waals surface area contributed by atoms with E-state index in [-0.39, 0.29) is 0 Å². The predicted molar refractivity (Wildman–Crippen MR) is 147 cm³/mol. The number of nitrogens with two attached hydrogens (primary N) is 1. The van der Waals surface area contributed by atoms with Gasteiger partial charge in [-0.3, -0.25) is 0 Å². The monoisotopic (exact) mass is 527 g/mol. The first-order valence-corrected chi connectivity index (χ1v) is 13.6.